The summed E-state index contributed by atoms with van der Waals surface area (Å²) in [6.45, 7) is 10.3. The molecule has 1 aromatic heterocycles. The van der Waals surface area contributed by atoms with Gasteiger partial charge in [0.05, 0.1) is 12.2 Å². The zero-order valence-corrected chi connectivity index (χ0v) is 12.3. The van der Waals surface area contributed by atoms with Crippen molar-refractivity contribution in [1.82, 2.24) is 15.1 Å². The van der Waals surface area contributed by atoms with Crippen LogP contribution in [0.3, 0.4) is 0 Å². The van der Waals surface area contributed by atoms with Crippen LogP contribution in [0.15, 0.2) is 30.5 Å². The average molecular weight is 257 g/mol. The fourth-order valence-electron chi connectivity index (χ4n) is 2.09. The van der Waals surface area contributed by atoms with Crippen LogP contribution in [0, 0.1) is 13.8 Å². The predicted octanol–water partition coefficient (Wildman–Crippen LogP) is 3.05. The fourth-order valence-corrected chi connectivity index (χ4v) is 2.09. The SMILES string of the molecule is Cc1ccc(C)c(Cn2nccc2CNC(C)C)c1. The van der Waals surface area contributed by atoms with Gasteiger partial charge in [-0.15, -0.1) is 0 Å². The van der Waals surface area contributed by atoms with Crippen molar-refractivity contribution >= 4 is 0 Å². The number of nitrogens with zero attached hydrogens (tertiary/aromatic N) is 2. The molecule has 2 aromatic rings. The van der Waals surface area contributed by atoms with E-state index in [9.17, 15) is 0 Å². The van der Waals surface area contributed by atoms with Crippen molar-refractivity contribution in [2.24, 2.45) is 0 Å². The normalized spacial score (nSPS) is 11.2. The van der Waals surface area contributed by atoms with Crippen molar-refractivity contribution in [3.8, 4) is 0 Å². The Morgan fingerprint density at radius 3 is 2.74 bits per heavy atom. The van der Waals surface area contributed by atoms with Gasteiger partial charge >= 0.3 is 0 Å². The largest absolute Gasteiger partial charge is 0.309 e. The Hall–Kier alpha value is -1.61. The van der Waals surface area contributed by atoms with Gasteiger partial charge in [0.1, 0.15) is 0 Å². The molecule has 0 unspecified atom stereocenters. The Balaban J connectivity index is 2.15. The first-order valence-corrected chi connectivity index (χ1v) is 6.86. The molecule has 0 atom stereocenters. The summed E-state index contributed by atoms with van der Waals surface area (Å²) in [6.07, 6.45) is 1.88. The monoisotopic (exact) mass is 257 g/mol. The first kappa shape index (κ1) is 13.8. The molecule has 0 fully saturated rings. The van der Waals surface area contributed by atoms with E-state index in [0.29, 0.717) is 6.04 Å². The zero-order chi connectivity index (χ0) is 13.8. The number of rotatable bonds is 5. The molecule has 102 valence electrons. The average Bonchev–Trinajstić information content (AvgIpc) is 2.79. The highest BCUT2D eigenvalue weighted by atomic mass is 15.3. The molecule has 3 nitrogen and oxygen atoms in total. The molecule has 0 aliphatic heterocycles. The first-order chi connectivity index (χ1) is 9.06. The molecule has 2 rings (SSSR count). The molecule has 1 N–H and O–H groups in total. The van der Waals surface area contributed by atoms with Crippen molar-refractivity contribution in [2.75, 3.05) is 0 Å². The van der Waals surface area contributed by atoms with E-state index >= 15 is 0 Å². The summed E-state index contributed by atoms with van der Waals surface area (Å²) < 4.78 is 2.08. The third kappa shape index (κ3) is 3.67. The van der Waals surface area contributed by atoms with Crippen molar-refractivity contribution in [2.45, 2.75) is 46.8 Å². The van der Waals surface area contributed by atoms with Crippen LogP contribution in [-0.4, -0.2) is 15.8 Å². The van der Waals surface area contributed by atoms with Gasteiger partial charge in [0.2, 0.25) is 0 Å². The minimum absolute atomic E-state index is 0.490. The lowest BCUT2D eigenvalue weighted by atomic mass is 10.1. The van der Waals surface area contributed by atoms with E-state index in [1.165, 1.54) is 22.4 Å². The van der Waals surface area contributed by atoms with Gasteiger partial charge in [-0.05, 0) is 31.0 Å². The van der Waals surface area contributed by atoms with Crippen LogP contribution in [-0.2, 0) is 13.1 Å². The third-order valence-corrected chi connectivity index (χ3v) is 3.32. The molecule has 0 radical (unpaired) electrons. The summed E-state index contributed by atoms with van der Waals surface area (Å²) >= 11 is 0. The van der Waals surface area contributed by atoms with E-state index in [0.717, 1.165) is 13.1 Å². The summed E-state index contributed by atoms with van der Waals surface area (Å²) in [7, 11) is 0. The van der Waals surface area contributed by atoms with Crippen LogP contribution in [0.5, 0.6) is 0 Å². The van der Waals surface area contributed by atoms with Crippen LogP contribution in [0.1, 0.15) is 36.2 Å². The van der Waals surface area contributed by atoms with Gasteiger partial charge in [0.15, 0.2) is 0 Å². The Morgan fingerprint density at radius 2 is 2.00 bits per heavy atom. The number of aryl methyl sites for hydroxylation is 2. The molecule has 0 bridgehead atoms. The Bertz CT molecular complexity index is 541. The molecule has 1 aromatic carbocycles. The third-order valence-electron chi connectivity index (χ3n) is 3.32. The van der Waals surface area contributed by atoms with Crippen molar-refractivity contribution < 1.29 is 0 Å². The highest BCUT2D eigenvalue weighted by Gasteiger charge is 2.06. The topological polar surface area (TPSA) is 29.9 Å². The molecular weight excluding hydrogens is 234 g/mol. The molecule has 0 amide bonds. The quantitative estimate of drug-likeness (QED) is 0.892. The second-order valence-corrected chi connectivity index (χ2v) is 5.45. The molecule has 0 aliphatic rings. The number of nitrogens with one attached hydrogen (secondary N) is 1. The zero-order valence-electron chi connectivity index (χ0n) is 12.3. The van der Waals surface area contributed by atoms with Crippen LogP contribution in [0.25, 0.3) is 0 Å². The number of hydrogen-bond acceptors (Lipinski definition) is 2. The van der Waals surface area contributed by atoms with Crippen molar-refractivity contribution in [1.29, 1.82) is 0 Å². The number of benzene rings is 1. The molecule has 0 saturated heterocycles. The van der Waals surface area contributed by atoms with Gasteiger partial charge in [-0.2, -0.15) is 5.10 Å². The summed E-state index contributed by atoms with van der Waals surface area (Å²) in [5.41, 5.74) is 5.20. The van der Waals surface area contributed by atoms with Crippen LogP contribution in [0.2, 0.25) is 0 Å². The maximum atomic E-state index is 4.44. The standard InChI is InChI=1S/C16H23N3/c1-12(2)17-10-16-7-8-18-19(16)11-15-9-13(3)5-6-14(15)4/h5-9,12,17H,10-11H2,1-4H3. The predicted molar refractivity (Wildman–Crippen MR) is 79.2 cm³/mol. The smallest absolute Gasteiger partial charge is 0.0665 e. The maximum absolute atomic E-state index is 4.44. The van der Waals surface area contributed by atoms with Crippen molar-refractivity contribution in [3.05, 3.63) is 52.8 Å². The second-order valence-electron chi connectivity index (χ2n) is 5.45. The summed E-state index contributed by atoms with van der Waals surface area (Å²) in [5, 5.41) is 7.88. The lowest BCUT2D eigenvalue weighted by molar-refractivity contribution is 0.546. The van der Waals surface area contributed by atoms with Crippen LogP contribution < -0.4 is 5.32 Å². The highest BCUT2D eigenvalue weighted by Crippen LogP contribution is 2.13. The van der Waals surface area contributed by atoms with Gasteiger partial charge < -0.3 is 5.32 Å². The van der Waals surface area contributed by atoms with Crippen molar-refractivity contribution in [3.63, 3.8) is 0 Å². The fraction of sp³-hybridized carbons (Fsp3) is 0.438. The molecule has 19 heavy (non-hydrogen) atoms. The number of aromatic nitrogens is 2. The Morgan fingerprint density at radius 1 is 1.21 bits per heavy atom. The number of hydrogen-bond donors (Lipinski definition) is 1. The summed E-state index contributed by atoms with van der Waals surface area (Å²) in [6, 6.07) is 9.16. The first-order valence-electron chi connectivity index (χ1n) is 6.86. The minimum Gasteiger partial charge on any atom is -0.309 e. The Kier molecular flexibility index (Phi) is 4.38. The van der Waals surface area contributed by atoms with E-state index in [1.54, 1.807) is 0 Å². The van der Waals surface area contributed by atoms with E-state index in [-0.39, 0.29) is 0 Å². The van der Waals surface area contributed by atoms with Gasteiger partial charge in [0, 0.05) is 18.8 Å². The molecule has 0 saturated carbocycles. The molecule has 3 heteroatoms. The van der Waals surface area contributed by atoms with Gasteiger partial charge in [-0.3, -0.25) is 4.68 Å². The summed E-state index contributed by atoms with van der Waals surface area (Å²) in [5.74, 6) is 0. The van der Waals surface area contributed by atoms with Gasteiger partial charge in [-0.25, -0.2) is 0 Å². The molecule has 1 heterocycles. The van der Waals surface area contributed by atoms with E-state index in [1.807, 2.05) is 6.20 Å². The van der Waals surface area contributed by atoms with Gasteiger partial charge in [-0.1, -0.05) is 37.6 Å². The van der Waals surface area contributed by atoms with E-state index < -0.39 is 0 Å². The van der Waals surface area contributed by atoms with E-state index in [2.05, 4.69) is 67.1 Å². The Labute approximate surface area is 115 Å². The van der Waals surface area contributed by atoms with E-state index in [4.69, 9.17) is 0 Å². The maximum Gasteiger partial charge on any atom is 0.0665 e. The van der Waals surface area contributed by atoms with Crippen LogP contribution in [0.4, 0.5) is 0 Å². The minimum atomic E-state index is 0.490. The highest BCUT2D eigenvalue weighted by molar-refractivity contribution is 5.30. The van der Waals surface area contributed by atoms with Crippen LogP contribution >= 0.6 is 0 Å². The molecule has 0 aliphatic carbocycles. The second kappa shape index (κ2) is 6.02. The lowest BCUT2D eigenvalue weighted by Crippen LogP contribution is -2.24. The molecular formula is C16H23N3. The van der Waals surface area contributed by atoms with Gasteiger partial charge in [0.25, 0.3) is 0 Å². The summed E-state index contributed by atoms with van der Waals surface area (Å²) in [4.78, 5) is 0. The lowest BCUT2D eigenvalue weighted by Gasteiger charge is -2.12. The molecule has 0 spiro atoms.